The largest absolute Gasteiger partial charge is 0.455 e. The van der Waals surface area contributed by atoms with Crippen LogP contribution in [0, 0.1) is 27.2 Å². The molecule has 364 valence electrons. The number of hydrogen-bond acceptors (Lipinski definition) is 13. The molecular formula is C50H50F2N8O8S2. The molecule has 4 aromatic heterocycles. The summed E-state index contributed by atoms with van der Waals surface area (Å²) >= 11 is 1.58. The average Bonchev–Trinajstić information content (AvgIpc) is 4.14. The summed E-state index contributed by atoms with van der Waals surface area (Å²) in [5.41, 5.74) is 5.11. The highest BCUT2D eigenvalue weighted by Gasteiger charge is 2.32. The van der Waals surface area contributed by atoms with Gasteiger partial charge in [0.25, 0.3) is 21.6 Å². The summed E-state index contributed by atoms with van der Waals surface area (Å²) in [6.45, 7) is 9.43. The number of nitro benzene ring substituents is 1. The maximum Gasteiger partial charge on any atom is 0.293 e. The number of fused-ring (bicyclic) bond motifs is 2. The zero-order valence-electron chi connectivity index (χ0n) is 38.4. The van der Waals surface area contributed by atoms with Gasteiger partial charge in [-0.05, 0) is 89.7 Å². The van der Waals surface area contributed by atoms with E-state index in [1.165, 1.54) is 35.5 Å². The molecule has 10 rings (SSSR count). The molecule has 2 aliphatic heterocycles. The van der Waals surface area contributed by atoms with E-state index in [1.807, 2.05) is 17.5 Å². The van der Waals surface area contributed by atoms with Gasteiger partial charge in [0.05, 0.1) is 53.0 Å². The van der Waals surface area contributed by atoms with Gasteiger partial charge in [0.2, 0.25) is 0 Å². The van der Waals surface area contributed by atoms with Gasteiger partial charge in [-0.1, -0.05) is 19.4 Å². The Morgan fingerprint density at radius 3 is 2.64 bits per heavy atom. The van der Waals surface area contributed by atoms with Crippen LogP contribution in [0.2, 0.25) is 0 Å². The lowest BCUT2D eigenvalue weighted by molar-refractivity contribution is -0.384. The number of thiophene rings is 1. The van der Waals surface area contributed by atoms with Gasteiger partial charge in [0.1, 0.15) is 34.5 Å². The first-order chi connectivity index (χ1) is 33.7. The molecule has 16 nitrogen and oxygen atoms in total. The maximum atomic E-state index is 15.3. The van der Waals surface area contributed by atoms with Gasteiger partial charge in [-0.25, -0.2) is 26.9 Å². The summed E-state index contributed by atoms with van der Waals surface area (Å²) in [7, 11) is -4.62. The number of hydrogen-bond donors (Lipinski definition) is 4. The van der Waals surface area contributed by atoms with Gasteiger partial charge in [0.15, 0.2) is 0 Å². The number of ether oxygens (including phenoxy) is 3. The van der Waals surface area contributed by atoms with E-state index in [-0.39, 0.29) is 35.1 Å². The van der Waals surface area contributed by atoms with Crippen LogP contribution in [-0.2, 0) is 19.5 Å². The SMILES string of the molecule is CC1(C)CCC(CN2CCN(c3ccc(C(=O)NS(=O)(=O)c4ccc(NCC5COCCO5)c([N+](=O)[O-])c4)c(Oc4cnc5[nH]ccc5c4)c3)CC2)=C(c2cc(-c3c(F)cc(F)c4cc[nH]c34)cs2)C1. The topological polar surface area (TPSA) is 197 Å². The number of nitrogens with zero attached hydrogens (tertiary/aromatic N) is 4. The average molecular weight is 993 g/mol. The number of anilines is 2. The summed E-state index contributed by atoms with van der Waals surface area (Å²) in [6.07, 6.45) is 7.36. The highest BCUT2D eigenvalue weighted by molar-refractivity contribution is 7.90. The van der Waals surface area contributed by atoms with Crippen LogP contribution in [0.3, 0.4) is 0 Å². The van der Waals surface area contributed by atoms with Crippen molar-refractivity contribution < 1.29 is 41.1 Å². The number of sulfonamides is 1. The van der Waals surface area contributed by atoms with Crippen molar-refractivity contribution >= 4 is 71.8 Å². The van der Waals surface area contributed by atoms with E-state index in [2.05, 4.69) is 48.6 Å². The van der Waals surface area contributed by atoms with Crippen molar-refractivity contribution in [3.05, 3.63) is 128 Å². The molecule has 1 aliphatic carbocycles. The van der Waals surface area contributed by atoms with Gasteiger partial charge in [-0.3, -0.25) is 19.8 Å². The van der Waals surface area contributed by atoms with E-state index < -0.39 is 43.1 Å². The van der Waals surface area contributed by atoms with E-state index in [9.17, 15) is 27.7 Å². The second-order valence-electron chi connectivity index (χ2n) is 18.6. The van der Waals surface area contributed by atoms with Crippen molar-refractivity contribution in [1.29, 1.82) is 0 Å². The first-order valence-electron chi connectivity index (χ1n) is 22.9. The van der Waals surface area contributed by atoms with Crippen LogP contribution in [0.15, 0.2) is 101 Å². The minimum Gasteiger partial charge on any atom is -0.455 e. The second-order valence-corrected chi connectivity index (χ2v) is 21.1. The number of benzene rings is 3. The predicted molar refractivity (Wildman–Crippen MR) is 264 cm³/mol. The van der Waals surface area contributed by atoms with Gasteiger partial charge >= 0.3 is 0 Å². The lowest BCUT2D eigenvalue weighted by Gasteiger charge is -2.39. The number of halogens is 2. The first kappa shape index (κ1) is 47.0. The summed E-state index contributed by atoms with van der Waals surface area (Å²) in [6, 6.07) is 16.5. The van der Waals surface area contributed by atoms with Crippen LogP contribution < -0.4 is 19.7 Å². The third-order valence-corrected chi connectivity index (χ3v) is 15.5. The number of carbonyl (C=O) groups excluding carboxylic acids is 1. The fourth-order valence-electron chi connectivity index (χ4n) is 9.44. The molecule has 0 saturated carbocycles. The molecule has 0 bridgehead atoms. The van der Waals surface area contributed by atoms with E-state index >= 15 is 4.39 Å². The van der Waals surface area contributed by atoms with Crippen molar-refractivity contribution in [2.75, 3.05) is 69.3 Å². The van der Waals surface area contributed by atoms with Crippen LogP contribution in [-0.4, -0.2) is 104 Å². The molecule has 3 aliphatic rings. The molecule has 2 saturated heterocycles. The predicted octanol–water partition coefficient (Wildman–Crippen LogP) is 9.48. The molecule has 1 amide bonds. The Labute approximate surface area is 405 Å². The zero-order valence-corrected chi connectivity index (χ0v) is 40.0. The maximum absolute atomic E-state index is 15.3. The summed E-state index contributed by atoms with van der Waals surface area (Å²) < 4.78 is 76.8. The lowest BCUT2D eigenvalue weighted by Crippen LogP contribution is -2.47. The number of rotatable bonds is 14. The fourth-order valence-corrected chi connectivity index (χ4v) is 11.4. The number of aromatic nitrogens is 3. The van der Waals surface area contributed by atoms with Crippen molar-refractivity contribution in [2.45, 2.75) is 44.1 Å². The molecule has 2 fully saturated rings. The quantitative estimate of drug-likeness (QED) is 0.0596. The smallest absolute Gasteiger partial charge is 0.293 e. The molecule has 0 spiro atoms. The molecular weight excluding hydrogens is 943 g/mol. The molecule has 1 atom stereocenters. The van der Waals surface area contributed by atoms with Crippen molar-refractivity contribution in [3.8, 4) is 22.6 Å². The lowest BCUT2D eigenvalue weighted by atomic mass is 9.73. The minimum absolute atomic E-state index is 0.0798. The Hall–Kier alpha value is -6.71. The summed E-state index contributed by atoms with van der Waals surface area (Å²) in [5.74, 6) is -1.81. The number of carbonyl (C=O) groups is 1. The van der Waals surface area contributed by atoms with Crippen molar-refractivity contribution in [3.63, 3.8) is 0 Å². The highest BCUT2D eigenvalue weighted by Crippen LogP contribution is 2.46. The third-order valence-electron chi connectivity index (χ3n) is 13.2. The summed E-state index contributed by atoms with van der Waals surface area (Å²) in [4.78, 5) is 41.1. The van der Waals surface area contributed by atoms with Gasteiger partial charge < -0.3 is 34.4 Å². The minimum atomic E-state index is -4.62. The number of amides is 1. The normalized spacial score (nSPS) is 17.8. The molecule has 3 aromatic carbocycles. The molecule has 7 aromatic rings. The van der Waals surface area contributed by atoms with Crippen molar-refractivity contribution in [2.24, 2.45) is 5.41 Å². The van der Waals surface area contributed by atoms with Crippen molar-refractivity contribution in [1.82, 2.24) is 24.6 Å². The Bertz CT molecular complexity index is 3280. The van der Waals surface area contributed by atoms with Crippen LogP contribution in [0.4, 0.5) is 25.8 Å². The Kier molecular flexibility index (Phi) is 12.9. The molecule has 70 heavy (non-hydrogen) atoms. The third kappa shape index (κ3) is 9.86. The van der Waals surface area contributed by atoms with E-state index in [4.69, 9.17) is 14.2 Å². The van der Waals surface area contributed by atoms with Crippen LogP contribution >= 0.6 is 11.3 Å². The molecule has 6 heterocycles. The zero-order chi connectivity index (χ0) is 48.7. The molecule has 0 radical (unpaired) electrons. The molecule has 1 unspecified atom stereocenters. The molecule has 20 heteroatoms. The van der Waals surface area contributed by atoms with E-state index in [0.717, 1.165) is 67.0 Å². The number of allylic oxidation sites excluding steroid dienone is 1. The number of aromatic amines is 2. The monoisotopic (exact) mass is 992 g/mol. The summed E-state index contributed by atoms with van der Waals surface area (Å²) in [5, 5.41) is 18.1. The first-order valence-corrected chi connectivity index (χ1v) is 25.3. The van der Waals surface area contributed by atoms with Crippen LogP contribution in [0.5, 0.6) is 11.5 Å². The van der Waals surface area contributed by atoms with E-state index in [1.54, 1.807) is 48.0 Å². The van der Waals surface area contributed by atoms with Crippen LogP contribution in [0.1, 0.15) is 48.3 Å². The van der Waals surface area contributed by atoms with E-state index in [0.29, 0.717) is 66.3 Å². The van der Waals surface area contributed by atoms with Gasteiger partial charge in [-0.2, -0.15) is 0 Å². The number of pyridine rings is 1. The number of nitrogens with one attached hydrogen (secondary N) is 4. The van der Waals surface area contributed by atoms with Gasteiger partial charge in [0, 0.05) is 96.8 Å². The van der Waals surface area contributed by atoms with Gasteiger partial charge in [-0.15, -0.1) is 11.3 Å². The van der Waals surface area contributed by atoms with Crippen LogP contribution in [0.25, 0.3) is 38.6 Å². The number of H-pyrrole nitrogens is 2. The Balaban J connectivity index is 0.867. The molecule has 4 N–H and O–H groups in total. The number of piperazine rings is 1. The fraction of sp³-hybridized carbons (Fsp3) is 0.320. The number of nitro groups is 1. The Morgan fingerprint density at radius 1 is 1.01 bits per heavy atom. The second kappa shape index (κ2) is 19.2. The standard InChI is InChI=1S/C50H50F2N8O8S2/c1-50(2)10-7-31(39(24-50)45-20-32(29-69-45)46-41(52)23-40(51)37-9-12-53-47(37)46)27-58-13-15-59(16-14-58)33-3-5-38(44(21-33)68-34-19-30-8-11-54-48(30)56-25-34)49(61)57-70(64,65)36-4-6-42(43(22-36)60(62)63)55-26-35-28-66-17-18-67-35/h3-6,8-9,11-12,19-23,25,29,35,53,55H,7,10,13-18,24,26-28H2,1-2H3,(H,54,56)(H,57,61). The Morgan fingerprint density at radius 2 is 1.84 bits per heavy atom. The highest BCUT2D eigenvalue weighted by atomic mass is 32.2.